The summed E-state index contributed by atoms with van der Waals surface area (Å²) in [7, 11) is 0. The molecular formula is C71H134O14. The third kappa shape index (κ3) is 43.0. The zero-order chi connectivity index (χ0) is 61.5. The summed E-state index contributed by atoms with van der Waals surface area (Å²) in [6, 6.07) is 0. The largest absolute Gasteiger partial charge is 0.457 e. The van der Waals surface area contributed by atoms with Crippen LogP contribution in [0.15, 0.2) is 24.3 Å². The van der Waals surface area contributed by atoms with Gasteiger partial charge in [-0.1, -0.05) is 276 Å². The van der Waals surface area contributed by atoms with Gasteiger partial charge in [-0.05, 0) is 64.2 Å². The molecule has 2 aliphatic rings. The molecule has 2 heterocycles. The van der Waals surface area contributed by atoms with E-state index in [9.17, 15) is 40.5 Å². The van der Waals surface area contributed by atoms with E-state index in [4.69, 9.17) is 28.4 Å². The second-order valence-electron chi connectivity index (χ2n) is 25.4. The predicted octanol–water partition coefficient (Wildman–Crippen LogP) is 15.4. The van der Waals surface area contributed by atoms with Gasteiger partial charge in [-0.25, -0.2) is 0 Å². The molecule has 11 atom stereocenters. The van der Waals surface area contributed by atoms with E-state index in [-0.39, 0.29) is 25.6 Å². The van der Waals surface area contributed by atoms with E-state index in [2.05, 4.69) is 38.2 Å². The Morgan fingerprint density at radius 2 is 0.694 bits per heavy atom. The highest BCUT2D eigenvalue weighted by molar-refractivity contribution is 5.69. The number of rotatable bonds is 61. The predicted molar refractivity (Wildman–Crippen MR) is 344 cm³/mol. The molecule has 14 heteroatoms. The van der Waals surface area contributed by atoms with Crippen molar-refractivity contribution in [2.75, 3.05) is 33.0 Å². The van der Waals surface area contributed by atoms with Crippen molar-refractivity contribution in [2.45, 2.75) is 390 Å². The van der Waals surface area contributed by atoms with Crippen LogP contribution >= 0.6 is 0 Å². The molecule has 2 rings (SSSR count). The van der Waals surface area contributed by atoms with E-state index in [1.54, 1.807) is 0 Å². The Morgan fingerprint density at radius 1 is 0.376 bits per heavy atom. The van der Waals surface area contributed by atoms with Crippen molar-refractivity contribution in [1.29, 1.82) is 0 Å². The molecule has 2 saturated heterocycles. The number of ether oxygens (including phenoxy) is 6. The average molecular weight is 1210 g/mol. The highest BCUT2D eigenvalue weighted by Gasteiger charge is 2.47. The first-order valence-electron chi connectivity index (χ1n) is 35.9. The molecule has 0 spiro atoms. The molecule has 0 aliphatic carbocycles. The van der Waals surface area contributed by atoms with Gasteiger partial charge in [0.2, 0.25) is 0 Å². The van der Waals surface area contributed by atoms with Crippen molar-refractivity contribution in [2.24, 2.45) is 0 Å². The summed E-state index contributed by atoms with van der Waals surface area (Å²) >= 11 is 0. The van der Waals surface area contributed by atoms with E-state index in [1.807, 2.05) is 0 Å². The number of esters is 1. The lowest BCUT2D eigenvalue weighted by Gasteiger charge is -2.42. The third-order valence-electron chi connectivity index (χ3n) is 17.4. The van der Waals surface area contributed by atoms with Crippen molar-refractivity contribution >= 4 is 5.97 Å². The van der Waals surface area contributed by atoms with Gasteiger partial charge >= 0.3 is 5.97 Å². The molecule has 11 unspecified atom stereocenters. The zero-order valence-electron chi connectivity index (χ0n) is 54.6. The number of carbonyl (C=O) groups excluding carboxylic acids is 1. The Labute approximate surface area is 519 Å². The van der Waals surface area contributed by atoms with Crippen molar-refractivity contribution < 1.29 is 69.0 Å². The van der Waals surface area contributed by atoms with E-state index < -0.39 is 80.7 Å². The number of hydrogen-bond donors (Lipinski definition) is 7. The fourth-order valence-electron chi connectivity index (χ4n) is 11.7. The molecule has 0 saturated carbocycles. The molecule has 0 aromatic rings. The highest BCUT2D eigenvalue weighted by Crippen LogP contribution is 2.27. The Morgan fingerprint density at radius 3 is 1.07 bits per heavy atom. The molecule has 85 heavy (non-hydrogen) atoms. The lowest BCUT2D eigenvalue weighted by molar-refractivity contribution is -0.332. The topological polar surface area (TPSA) is 214 Å². The Kier molecular flexibility index (Phi) is 53.9. The fraction of sp³-hybridized carbons (Fsp3) is 0.930. The van der Waals surface area contributed by atoms with Crippen molar-refractivity contribution in [3.63, 3.8) is 0 Å². The molecule has 7 N–H and O–H groups in total. The van der Waals surface area contributed by atoms with E-state index in [0.717, 1.165) is 38.5 Å². The third-order valence-corrected chi connectivity index (χ3v) is 17.4. The lowest BCUT2D eigenvalue weighted by Crippen LogP contribution is -2.61. The number of aliphatic hydroxyl groups excluding tert-OH is 7. The maximum absolute atomic E-state index is 13.2. The quantitative estimate of drug-likeness (QED) is 0.0171. The van der Waals surface area contributed by atoms with Crippen LogP contribution < -0.4 is 0 Å². The average Bonchev–Trinajstić information content (AvgIpc) is 2.82. The van der Waals surface area contributed by atoms with Gasteiger partial charge in [0, 0.05) is 13.0 Å². The maximum Gasteiger partial charge on any atom is 0.306 e. The minimum atomic E-state index is -1.71. The molecule has 0 radical (unpaired) electrons. The SMILES string of the molecule is CCCCCCCCCC/C=C\CCCCCCCCCCCCCCCCOCC(COC1OC(COC2OC(CO)C(O)C(O)C2O)C(O)C(O)C1O)OC(=O)CCCCCCCCCCCCCCC/C=C\CCCCCCCCCC. The van der Waals surface area contributed by atoms with Crippen molar-refractivity contribution in [3.05, 3.63) is 24.3 Å². The van der Waals surface area contributed by atoms with Crippen molar-refractivity contribution in [3.8, 4) is 0 Å². The van der Waals surface area contributed by atoms with Crippen LogP contribution in [0.3, 0.4) is 0 Å². The Bertz CT molecular complexity index is 1500. The summed E-state index contributed by atoms with van der Waals surface area (Å²) in [4.78, 5) is 13.2. The van der Waals surface area contributed by atoms with Crippen LogP contribution in [0.4, 0.5) is 0 Å². The summed E-state index contributed by atoms with van der Waals surface area (Å²) in [6.45, 7) is 3.77. The van der Waals surface area contributed by atoms with Gasteiger partial charge in [0.15, 0.2) is 12.6 Å². The molecule has 14 nitrogen and oxygen atoms in total. The number of carbonyl (C=O) groups is 1. The lowest BCUT2D eigenvalue weighted by atomic mass is 9.98. The summed E-state index contributed by atoms with van der Waals surface area (Å²) in [5.74, 6) is -0.368. The minimum Gasteiger partial charge on any atom is -0.457 e. The van der Waals surface area contributed by atoms with Gasteiger partial charge in [0.1, 0.15) is 54.9 Å². The Hall–Kier alpha value is -1.53. The molecular weight excluding hydrogens is 1080 g/mol. The fourth-order valence-corrected chi connectivity index (χ4v) is 11.7. The number of hydrogen-bond acceptors (Lipinski definition) is 14. The van der Waals surface area contributed by atoms with Crippen LogP contribution in [0.1, 0.15) is 322 Å². The smallest absolute Gasteiger partial charge is 0.306 e. The number of unbranched alkanes of at least 4 members (excludes halogenated alkanes) is 43. The molecule has 502 valence electrons. The first kappa shape index (κ1) is 79.6. The van der Waals surface area contributed by atoms with Crippen LogP contribution in [0.2, 0.25) is 0 Å². The normalized spacial score (nSPS) is 23.2. The Balaban J connectivity index is 1.62. The first-order valence-corrected chi connectivity index (χ1v) is 35.9. The van der Waals surface area contributed by atoms with Crippen LogP contribution in [-0.2, 0) is 33.2 Å². The molecule has 0 aromatic carbocycles. The summed E-state index contributed by atoms with van der Waals surface area (Å²) < 4.78 is 34.6. The molecule has 0 amide bonds. The molecule has 0 bridgehead atoms. The van der Waals surface area contributed by atoms with Crippen molar-refractivity contribution in [1.82, 2.24) is 0 Å². The summed E-state index contributed by atoms with van der Waals surface area (Å²) in [5, 5.41) is 72.7. The van der Waals surface area contributed by atoms with Gasteiger partial charge in [0.05, 0.1) is 26.4 Å². The standard InChI is InChI=1S/C71H134O14/c1-3-5-7-9-11-13-15-17-19-21-23-25-27-29-31-33-35-37-39-41-43-45-47-49-51-53-55-80-57-60(58-81-70-69(79)67(77)65(75)62(85-70)59-82-71-68(78)66(76)64(74)61(56-72)84-71)83-63(73)54-52-50-48-46-44-42-40-38-36-34-32-30-28-26-24-22-20-18-16-14-12-10-8-6-4-2/h21-24,60-62,64-72,74-79H,3-20,25-59H2,1-2H3/b23-21-,24-22-. The molecule has 0 aromatic heterocycles. The molecule has 2 fully saturated rings. The zero-order valence-corrected chi connectivity index (χ0v) is 54.6. The van der Waals surface area contributed by atoms with Gasteiger partial charge in [-0.15, -0.1) is 0 Å². The van der Waals surface area contributed by atoms with E-state index in [1.165, 1.54) is 257 Å². The molecule has 2 aliphatic heterocycles. The monoisotopic (exact) mass is 1210 g/mol. The van der Waals surface area contributed by atoms with E-state index >= 15 is 0 Å². The van der Waals surface area contributed by atoms with Crippen LogP contribution in [0, 0.1) is 0 Å². The number of aliphatic hydroxyl groups is 7. The maximum atomic E-state index is 13.2. The second kappa shape index (κ2) is 57.6. The van der Waals surface area contributed by atoms with E-state index in [0.29, 0.717) is 13.0 Å². The van der Waals surface area contributed by atoms with Gasteiger partial charge in [0.25, 0.3) is 0 Å². The summed E-state index contributed by atoms with van der Waals surface area (Å²) in [5.41, 5.74) is 0. The summed E-state index contributed by atoms with van der Waals surface area (Å²) in [6.07, 6.45) is 54.0. The van der Waals surface area contributed by atoms with Gasteiger partial charge in [-0.3, -0.25) is 4.79 Å². The highest BCUT2D eigenvalue weighted by atomic mass is 16.7. The first-order chi connectivity index (χ1) is 41.6. The van der Waals surface area contributed by atoms with Gasteiger partial charge < -0.3 is 64.2 Å². The van der Waals surface area contributed by atoms with Gasteiger partial charge in [-0.2, -0.15) is 0 Å². The van der Waals surface area contributed by atoms with Crippen LogP contribution in [0.5, 0.6) is 0 Å². The number of allylic oxidation sites excluding steroid dienone is 4. The van der Waals surface area contributed by atoms with Crippen LogP contribution in [-0.4, -0.2) is 142 Å². The minimum absolute atomic E-state index is 0.0667. The van der Waals surface area contributed by atoms with Crippen LogP contribution in [0.25, 0.3) is 0 Å². The second-order valence-corrected chi connectivity index (χ2v) is 25.4.